The van der Waals surface area contributed by atoms with Crippen molar-refractivity contribution in [2.24, 2.45) is 0 Å². The van der Waals surface area contributed by atoms with E-state index in [2.05, 4.69) is 135 Å². The van der Waals surface area contributed by atoms with Crippen LogP contribution < -0.4 is 15.9 Å². The van der Waals surface area contributed by atoms with Crippen LogP contribution >= 0.6 is 7.92 Å². The van der Waals surface area contributed by atoms with Crippen molar-refractivity contribution in [3.8, 4) is 0 Å². The van der Waals surface area contributed by atoms with Crippen LogP contribution in [0.15, 0.2) is 115 Å². The monoisotopic (exact) mass is 467 g/mol. The summed E-state index contributed by atoms with van der Waals surface area (Å²) in [5, 5.41) is 4.31. The molecule has 4 aromatic rings. The summed E-state index contributed by atoms with van der Waals surface area (Å²) in [4.78, 5) is 0. The summed E-state index contributed by atoms with van der Waals surface area (Å²) in [6.45, 7) is 11.2. The second-order valence-corrected chi connectivity index (χ2v) is 8.60. The number of hydrogen-bond acceptors (Lipinski definition) is 0. The summed E-state index contributed by atoms with van der Waals surface area (Å²) in [5.41, 5.74) is 1.43. The number of rotatable bonds is 4. The van der Waals surface area contributed by atoms with Gasteiger partial charge in [0.05, 0.1) is 7.92 Å². The summed E-state index contributed by atoms with van der Waals surface area (Å²) < 4.78 is 15.0. The molecule has 0 heterocycles. The second kappa shape index (κ2) is 18.2. The van der Waals surface area contributed by atoms with Gasteiger partial charge in [0, 0.05) is 17.1 Å². The summed E-state index contributed by atoms with van der Waals surface area (Å²) >= 11 is 0. The molecule has 4 aromatic carbocycles. The van der Waals surface area contributed by atoms with E-state index in [-0.39, 0.29) is 17.1 Å². The molecule has 0 saturated heterocycles. The zero-order valence-electron chi connectivity index (χ0n) is 17.4. The Morgan fingerprint density at radius 3 is 1.10 bits per heavy atom. The molecule has 0 aliphatic rings. The standard InChI is InChI=1S/C18H15P.C7H9.2CO.Mn/c1-4-10-16(11-5-1)19(17-12-6-2-7-13-17)18-14-8-3-9-15-18;1-2-7-5-3-4-6-7;2*1-2;/h1-15H;3-6H,2H2,1H3;;;/q;-1;;;/p+1. The van der Waals surface area contributed by atoms with Gasteiger partial charge in [0.2, 0.25) is 0 Å². The fourth-order valence-electron chi connectivity index (χ4n) is 2.96. The molecule has 31 heavy (non-hydrogen) atoms. The Labute approximate surface area is 197 Å². The van der Waals surface area contributed by atoms with E-state index in [4.69, 9.17) is 9.30 Å². The predicted molar refractivity (Wildman–Crippen MR) is 126 cm³/mol. The van der Waals surface area contributed by atoms with Gasteiger partial charge in [-0.2, -0.15) is 17.7 Å². The Balaban J connectivity index is 0.000000633. The molecule has 0 fully saturated rings. The Hall–Kier alpha value is -2.56. The van der Waals surface area contributed by atoms with Crippen molar-refractivity contribution in [3.05, 3.63) is 134 Å². The van der Waals surface area contributed by atoms with Crippen LogP contribution in [0.3, 0.4) is 0 Å². The molecule has 4 rings (SSSR count). The predicted octanol–water partition coefficient (Wildman–Crippen LogP) is 5.07. The topological polar surface area (TPSA) is 39.8 Å². The van der Waals surface area contributed by atoms with E-state index < -0.39 is 7.92 Å². The maximum Gasteiger partial charge on any atom is 0.102 e. The molecule has 0 saturated carbocycles. The average Bonchev–Trinajstić information content (AvgIpc) is 3.39. The Kier molecular flexibility index (Phi) is 16.7. The van der Waals surface area contributed by atoms with Crippen molar-refractivity contribution in [3.63, 3.8) is 0 Å². The van der Waals surface area contributed by atoms with Crippen molar-refractivity contribution in [1.82, 2.24) is 0 Å². The van der Waals surface area contributed by atoms with Gasteiger partial charge in [0.1, 0.15) is 15.9 Å². The normalized spacial score (nSPS) is 8.71. The first kappa shape index (κ1) is 28.4. The van der Waals surface area contributed by atoms with Gasteiger partial charge in [-0.15, -0.1) is 0 Å². The maximum atomic E-state index is 7.50. The second-order valence-electron chi connectivity index (χ2n) is 6.12. The van der Waals surface area contributed by atoms with Crippen molar-refractivity contribution in [1.29, 1.82) is 0 Å². The Morgan fingerprint density at radius 2 is 0.871 bits per heavy atom. The minimum Gasteiger partial charge on any atom is -0.0620 e. The SMILES string of the molecule is CC[c-]1cccc1.[C-]#[O+].[C-]#[O+].[Mn].c1ccc([PH+](c2ccccc2)c2ccccc2)cc1. The first-order valence-electron chi connectivity index (χ1n) is 9.53. The van der Waals surface area contributed by atoms with E-state index in [1.165, 1.54) is 21.5 Å². The fourth-order valence-corrected chi connectivity index (χ4v) is 5.54. The van der Waals surface area contributed by atoms with Gasteiger partial charge in [0.25, 0.3) is 0 Å². The van der Waals surface area contributed by atoms with Gasteiger partial charge in [-0.3, -0.25) is 0 Å². The zero-order valence-corrected chi connectivity index (χ0v) is 19.6. The van der Waals surface area contributed by atoms with Gasteiger partial charge in [-0.1, -0.05) is 67.9 Å². The summed E-state index contributed by atoms with van der Waals surface area (Å²) in [5.74, 6) is 0. The van der Waals surface area contributed by atoms with Crippen LogP contribution in [-0.2, 0) is 32.8 Å². The molecule has 0 N–H and O–H groups in total. The van der Waals surface area contributed by atoms with Crippen LogP contribution in [0.1, 0.15) is 12.5 Å². The van der Waals surface area contributed by atoms with Gasteiger partial charge >= 0.3 is 22.6 Å². The van der Waals surface area contributed by atoms with Crippen molar-refractivity contribution in [2.75, 3.05) is 0 Å². The van der Waals surface area contributed by atoms with Crippen LogP contribution in [0.5, 0.6) is 0 Å². The molecule has 2 nitrogen and oxygen atoms in total. The Morgan fingerprint density at radius 1 is 0.581 bits per heavy atom. The molecule has 4 heteroatoms. The molecule has 0 aromatic heterocycles. The van der Waals surface area contributed by atoms with Crippen molar-refractivity contribution < 1.29 is 26.4 Å². The van der Waals surface area contributed by atoms with Crippen molar-refractivity contribution in [2.45, 2.75) is 13.3 Å². The van der Waals surface area contributed by atoms with Crippen LogP contribution in [0.4, 0.5) is 0 Å². The third kappa shape index (κ3) is 9.86. The molecule has 0 bridgehead atoms. The van der Waals surface area contributed by atoms with E-state index in [1.807, 2.05) is 0 Å². The largest absolute Gasteiger partial charge is 0.102 e. The van der Waals surface area contributed by atoms with Gasteiger partial charge in [-0.25, -0.2) is 12.1 Å². The van der Waals surface area contributed by atoms with E-state index in [0.29, 0.717) is 0 Å². The summed E-state index contributed by atoms with van der Waals surface area (Å²) in [6.07, 6.45) is 1.16. The summed E-state index contributed by atoms with van der Waals surface area (Å²) in [6, 6.07) is 40.9. The average molecular weight is 467 g/mol. The molecule has 0 aliphatic heterocycles. The first-order valence-corrected chi connectivity index (χ1v) is 11.0. The van der Waals surface area contributed by atoms with Crippen molar-refractivity contribution >= 4 is 23.8 Å². The van der Waals surface area contributed by atoms with E-state index in [0.717, 1.165) is 6.42 Å². The summed E-state index contributed by atoms with van der Waals surface area (Å²) in [7, 11) is -0.877. The number of benzene rings is 3. The van der Waals surface area contributed by atoms with Gasteiger partial charge in [-0.05, 0) is 36.4 Å². The molecular formula is C27H25MnO2P. The number of hydrogen-bond donors (Lipinski definition) is 0. The van der Waals surface area contributed by atoms with Gasteiger partial charge in [0.15, 0.2) is 0 Å². The molecule has 0 aliphatic carbocycles. The van der Waals surface area contributed by atoms with Gasteiger partial charge < -0.3 is 0 Å². The van der Waals surface area contributed by atoms with Crippen LogP contribution in [-0.4, -0.2) is 0 Å². The molecular weight excluding hydrogens is 442 g/mol. The van der Waals surface area contributed by atoms with E-state index >= 15 is 0 Å². The molecule has 1 radical (unpaired) electrons. The van der Waals surface area contributed by atoms with E-state index in [9.17, 15) is 0 Å². The first-order chi connectivity index (χ1) is 14.9. The van der Waals surface area contributed by atoms with Crippen LogP contribution in [0, 0.1) is 13.3 Å². The Bertz CT molecular complexity index is 851. The maximum absolute atomic E-state index is 7.50. The zero-order chi connectivity index (χ0) is 22.0. The van der Waals surface area contributed by atoms with E-state index in [1.54, 1.807) is 0 Å². The molecule has 0 spiro atoms. The van der Waals surface area contributed by atoms with Crippen LogP contribution in [0.25, 0.3) is 0 Å². The fraction of sp³-hybridized carbons (Fsp3) is 0.0741. The third-order valence-corrected chi connectivity index (χ3v) is 7.06. The molecule has 0 amide bonds. The van der Waals surface area contributed by atoms with Crippen LogP contribution in [0.2, 0.25) is 0 Å². The third-order valence-electron chi connectivity index (χ3n) is 4.33. The molecule has 157 valence electrons. The quantitative estimate of drug-likeness (QED) is 0.174. The molecule has 0 unspecified atom stereocenters. The minimum atomic E-state index is -0.877. The smallest absolute Gasteiger partial charge is 0.0620 e. The number of aryl methyl sites for hydroxylation is 1. The minimum absolute atomic E-state index is 0. The molecule has 0 atom stereocenters.